The van der Waals surface area contributed by atoms with Crippen LogP contribution in [0, 0.1) is 22.7 Å². The number of hydrogen-bond donors (Lipinski definition) is 0. The van der Waals surface area contributed by atoms with Gasteiger partial charge in [0, 0.05) is 6.08 Å². The van der Waals surface area contributed by atoms with Crippen LogP contribution >= 0.6 is 15.9 Å². The Morgan fingerprint density at radius 3 is 2.31 bits per heavy atom. The molecule has 0 saturated carbocycles. The minimum atomic E-state index is -0.519. The van der Waals surface area contributed by atoms with Crippen molar-refractivity contribution in [1.29, 1.82) is 10.5 Å². The molecule has 2 aromatic carbocycles. The van der Waals surface area contributed by atoms with Gasteiger partial charge in [-0.25, -0.2) is 4.79 Å². The van der Waals surface area contributed by atoms with Crippen LogP contribution in [0.3, 0.4) is 0 Å². The molecular weight excluding hydrogens is 396 g/mol. The van der Waals surface area contributed by atoms with Crippen molar-refractivity contribution < 1.29 is 14.3 Å². The van der Waals surface area contributed by atoms with E-state index in [1.165, 1.54) is 12.2 Å². The summed E-state index contributed by atoms with van der Waals surface area (Å²) in [5, 5.41) is 17.5. The minimum Gasteiger partial charge on any atom is -0.496 e. The molecule has 2 rings (SSSR count). The number of halogens is 1. The molecule has 0 radical (unpaired) electrons. The van der Waals surface area contributed by atoms with Crippen molar-refractivity contribution in [2.45, 2.75) is 0 Å². The number of carbonyl (C=O) groups excluding carboxylic acids is 1. The third-order valence-electron chi connectivity index (χ3n) is 3.24. The van der Waals surface area contributed by atoms with Gasteiger partial charge in [-0.15, -0.1) is 0 Å². The Morgan fingerprint density at radius 1 is 1.08 bits per heavy atom. The highest BCUT2D eigenvalue weighted by molar-refractivity contribution is 9.10. The average Bonchev–Trinajstić information content (AvgIpc) is 2.66. The van der Waals surface area contributed by atoms with Crippen LogP contribution in [0.5, 0.6) is 11.5 Å². The van der Waals surface area contributed by atoms with E-state index in [1.54, 1.807) is 55.7 Å². The summed E-state index contributed by atoms with van der Waals surface area (Å²) in [6.07, 6.45) is 4.41. The molecule has 0 fully saturated rings. The number of allylic oxidation sites excluding steroid dienone is 1. The van der Waals surface area contributed by atoms with Crippen LogP contribution in [-0.2, 0) is 4.79 Å². The fourth-order valence-electron chi connectivity index (χ4n) is 1.99. The van der Waals surface area contributed by atoms with Crippen molar-refractivity contribution in [2.24, 2.45) is 0 Å². The summed E-state index contributed by atoms with van der Waals surface area (Å²) in [6, 6.07) is 15.5. The molecule has 0 aromatic heterocycles. The van der Waals surface area contributed by atoms with E-state index in [-0.39, 0.29) is 5.57 Å². The van der Waals surface area contributed by atoms with Crippen molar-refractivity contribution in [3.8, 4) is 23.6 Å². The van der Waals surface area contributed by atoms with Gasteiger partial charge in [0.2, 0.25) is 0 Å². The van der Waals surface area contributed by atoms with Crippen LogP contribution < -0.4 is 9.47 Å². The van der Waals surface area contributed by atoms with Crippen LogP contribution in [0.25, 0.3) is 12.2 Å². The largest absolute Gasteiger partial charge is 0.496 e. The highest BCUT2D eigenvalue weighted by atomic mass is 79.9. The maximum atomic E-state index is 11.9. The lowest BCUT2D eigenvalue weighted by Gasteiger charge is -2.04. The first kappa shape index (κ1) is 19.0. The number of esters is 1. The molecule has 0 aliphatic rings. The highest BCUT2D eigenvalue weighted by Crippen LogP contribution is 2.26. The molecule has 0 aliphatic heterocycles. The van der Waals surface area contributed by atoms with E-state index < -0.39 is 5.97 Å². The fraction of sp³-hybridized carbons (Fsp3) is 0.0500. The second kappa shape index (κ2) is 9.22. The predicted molar refractivity (Wildman–Crippen MR) is 101 cm³/mol. The van der Waals surface area contributed by atoms with Crippen molar-refractivity contribution in [3.05, 3.63) is 69.7 Å². The van der Waals surface area contributed by atoms with Gasteiger partial charge in [-0.1, -0.05) is 18.2 Å². The minimum absolute atomic E-state index is 0.00308. The second-order valence-electron chi connectivity index (χ2n) is 5.00. The molecule has 0 aliphatic carbocycles. The molecule has 2 aromatic rings. The molecular formula is C20H13BrN2O3. The first-order valence-electron chi connectivity index (χ1n) is 7.41. The predicted octanol–water partition coefficient (Wildman–Crippen LogP) is 4.51. The molecule has 0 saturated heterocycles. The van der Waals surface area contributed by atoms with Gasteiger partial charge in [-0.05, 0) is 63.5 Å². The summed E-state index contributed by atoms with van der Waals surface area (Å²) in [6.45, 7) is 0. The van der Waals surface area contributed by atoms with Gasteiger partial charge in [-0.2, -0.15) is 10.5 Å². The zero-order valence-electron chi connectivity index (χ0n) is 13.8. The molecule has 0 spiro atoms. The molecule has 0 heterocycles. The lowest BCUT2D eigenvalue weighted by molar-refractivity contribution is -0.128. The van der Waals surface area contributed by atoms with Crippen molar-refractivity contribution in [1.82, 2.24) is 0 Å². The van der Waals surface area contributed by atoms with Crippen molar-refractivity contribution >= 4 is 34.1 Å². The molecule has 0 unspecified atom stereocenters. The fourth-order valence-corrected chi connectivity index (χ4v) is 2.55. The average molecular weight is 409 g/mol. The first-order chi connectivity index (χ1) is 12.5. The maximum absolute atomic E-state index is 11.9. The summed E-state index contributed by atoms with van der Waals surface area (Å²) in [5.41, 5.74) is 1.49. The Kier molecular flexibility index (Phi) is 6.73. The monoisotopic (exact) mass is 408 g/mol. The van der Waals surface area contributed by atoms with Gasteiger partial charge < -0.3 is 9.47 Å². The van der Waals surface area contributed by atoms with Gasteiger partial charge in [0.1, 0.15) is 29.2 Å². The van der Waals surface area contributed by atoms with E-state index in [0.717, 1.165) is 10.0 Å². The summed E-state index contributed by atoms with van der Waals surface area (Å²) >= 11 is 3.38. The smallest absolute Gasteiger partial charge is 0.336 e. The number of nitrogens with zero attached hydrogens (tertiary/aromatic N) is 2. The van der Waals surface area contributed by atoms with E-state index in [9.17, 15) is 4.79 Å². The summed E-state index contributed by atoms with van der Waals surface area (Å²) in [4.78, 5) is 11.9. The standard InChI is InChI=1S/C20H13BrN2O3/c1-25-19-8-4-15(11-18(19)21)5-9-20(24)26-17-6-2-14(3-7-17)10-16(12-22)13-23/h2-11H,1H3/b9-5+. The van der Waals surface area contributed by atoms with E-state index >= 15 is 0 Å². The Balaban J connectivity index is 2.02. The number of carbonyl (C=O) groups is 1. The first-order valence-corrected chi connectivity index (χ1v) is 8.20. The summed E-state index contributed by atoms with van der Waals surface area (Å²) in [7, 11) is 1.58. The van der Waals surface area contributed by atoms with Crippen LogP contribution in [0.4, 0.5) is 0 Å². The molecule has 0 bridgehead atoms. The molecule has 0 N–H and O–H groups in total. The summed E-state index contributed by atoms with van der Waals surface area (Å²) < 4.78 is 11.1. The Morgan fingerprint density at radius 2 is 1.73 bits per heavy atom. The molecule has 0 amide bonds. The Hall–Kier alpha value is -3.35. The van der Waals surface area contributed by atoms with Gasteiger partial charge in [-0.3, -0.25) is 0 Å². The van der Waals surface area contributed by atoms with Gasteiger partial charge in [0.15, 0.2) is 0 Å². The number of rotatable bonds is 5. The van der Waals surface area contributed by atoms with E-state index in [2.05, 4.69) is 15.9 Å². The van der Waals surface area contributed by atoms with Crippen molar-refractivity contribution in [3.63, 3.8) is 0 Å². The van der Waals surface area contributed by atoms with Crippen LogP contribution in [0.1, 0.15) is 11.1 Å². The molecule has 128 valence electrons. The van der Waals surface area contributed by atoms with Crippen LogP contribution in [-0.4, -0.2) is 13.1 Å². The van der Waals surface area contributed by atoms with Gasteiger partial charge in [0.25, 0.3) is 0 Å². The molecule has 0 atom stereocenters. The SMILES string of the molecule is COc1ccc(/C=C/C(=O)Oc2ccc(C=C(C#N)C#N)cc2)cc1Br. The van der Waals surface area contributed by atoms with E-state index in [4.69, 9.17) is 20.0 Å². The number of methoxy groups -OCH3 is 1. The second-order valence-corrected chi connectivity index (χ2v) is 5.85. The molecule has 5 nitrogen and oxygen atoms in total. The van der Waals surface area contributed by atoms with E-state index in [0.29, 0.717) is 17.1 Å². The third-order valence-corrected chi connectivity index (χ3v) is 3.86. The molecule has 6 heteroatoms. The Labute approximate surface area is 159 Å². The third kappa shape index (κ3) is 5.34. The highest BCUT2D eigenvalue weighted by Gasteiger charge is 2.03. The number of benzene rings is 2. The maximum Gasteiger partial charge on any atom is 0.336 e. The zero-order valence-corrected chi connectivity index (χ0v) is 15.4. The Bertz CT molecular complexity index is 933. The number of ether oxygens (including phenoxy) is 2. The lowest BCUT2D eigenvalue weighted by atomic mass is 10.1. The van der Waals surface area contributed by atoms with E-state index in [1.807, 2.05) is 12.1 Å². The van der Waals surface area contributed by atoms with Crippen LogP contribution in [0.2, 0.25) is 0 Å². The zero-order chi connectivity index (χ0) is 18.9. The molecule has 26 heavy (non-hydrogen) atoms. The quantitative estimate of drug-likeness (QED) is 0.314. The topological polar surface area (TPSA) is 83.1 Å². The lowest BCUT2D eigenvalue weighted by Crippen LogP contribution is -2.03. The normalized spacial score (nSPS) is 9.85. The number of hydrogen-bond acceptors (Lipinski definition) is 5. The number of nitriles is 2. The summed E-state index contributed by atoms with van der Waals surface area (Å²) in [5.74, 6) is 0.549. The van der Waals surface area contributed by atoms with Gasteiger partial charge >= 0.3 is 5.97 Å². The van der Waals surface area contributed by atoms with Crippen molar-refractivity contribution in [2.75, 3.05) is 7.11 Å². The van der Waals surface area contributed by atoms with Crippen LogP contribution in [0.15, 0.2) is 58.6 Å². The van der Waals surface area contributed by atoms with Gasteiger partial charge in [0.05, 0.1) is 11.6 Å².